The second kappa shape index (κ2) is 4.44. The monoisotopic (exact) mass is 211 g/mol. The number of carbonyl (C=O) groups is 1. The number of methoxy groups -OCH3 is 1. The van der Waals surface area contributed by atoms with Gasteiger partial charge in [-0.2, -0.15) is 5.10 Å². The zero-order valence-corrected chi connectivity index (χ0v) is 9.57. The summed E-state index contributed by atoms with van der Waals surface area (Å²) < 4.78 is 6.35. The molecule has 0 aliphatic heterocycles. The molecule has 1 aromatic rings. The smallest absolute Gasteiger partial charge is 0.307 e. The molecule has 0 amide bonds. The fourth-order valence-corrected chi connectivity index (χ4v) is 1.69. The fourth-order valence-electron chi connectivity index (χ4n) is 1.69. The lowest BCUT2D eigenvalue weighted by Gasteiger charge is -2.10. The predicted molar refractivity (Wildman–Crippen MR) is 56.2 cm³/mol. The lowest BCUT2D eigenvalue weighted by molar-refractivity contribution is -0.141. The average molecular weight is 211 g/mol. The van der Waals surface area contributed by atoms with E-state index < -0.39 is 0 Å². The van der Waals surface area contributed by atoms with E-state index >= 15 is 0 Å². The van der Waals surface area contributed by atoms with Gasteiger partial charge in [0.05, 0.1) is 19.2 Å². The molecule has 5 nitrogen and oxygen atoms in total. The van der Waals surface area contributed by atoms with Gasteiger partial charge in [0.2, 0.25) is 0 Å². The molecule has 1 unspecified atom stereocenters. The average Bonchev–Trinajstić information content (AvgIpc) is 2.41. The molecule has 0 saturated carbocycles. The Morgan fingerprint density at radius 3 is 2.60 bits per heavy atom. The molecule has 84 valence electrons. The van der Waals surface area contributed by atoms with Gasteiger partial charge in [0.1, 0.15) is 0 Å². The van der Waals surface area contributed by atoms with E-state index in [1.165, 1.54) is 7.11 Å². The third kappa shape index (κ3) is 2.36. The molecule has 2 N–H and O–H groups in total. The molecular weight excluding hydrogens is 194 g/mol. The molecule has 0 aliphatic rings. The van der Waals surface area contributed by atoms with E-state index in [0.29, 0.717) is 0 Å². The van der Waals surface area contributed by atoms with Crippen LogP contribution in [0.15, 0.2) is 0 Å². The molecule has 0 aromatic carbocycles. The number of nitrogens with two attached hydrogens (primary N) is 1. The lowest BCUT2D eigenvalue weighted by atomic mass is 10.0. The van der Waals surface area contributed by atoms with Gasteiger partial charge in [0.15, 0.2) is 0 Å². The van der Waals surface area contributed by atoms with Crippen molar-refractivity contribution in [1.29, 1.82) is 0 Å². The van der Waals surface area contributed by atoms with Crippen LogP contribution in [0.2, 0.25) is 0 Å². The first-order valence-electron chi connectivity index (χ1n) is 4.79. The van der Waals surface area contributed by atoms with E-state index in [9.17, 15) is 4.79 Å². The Bertz CT molecular complexity index is 371. The fraction of sp³-hybridized carbons (Fsp3) is 0.600. The van der Waals surface area contributed by atoms with Gasteiger partial charge in [-0.15, -0.1) is 0 Å². The number of ether oxygens (including phenoxy) is 1. The molecule has 0 aliphatic carbocycles. The highest BCUT2D eigenvalue weighted by atomic mass is 16.5. The molecule has 1 heterocycles. The third-order valence-electron chi connectivity index (χ3n) is 2.55. The van der Waals surface area contributed by atoms with Crippen molar-refractivity contribution in [2.45, 2.75) is 26.3 Å². The Kier molecular flexibility index (Phi) is 3.47. The van der Waals surface area contributed by atoms with Crippen LogP contribution in [0.3, 0.4) is 0 Å². The molecule has 15 heavy (non-hydrogen) atoms. The molecule has 0 radical (unpaired) electrons. The van der Waals surface area contributed by atoms with Crippen LogP contribution in [0.4, 0.5) is 0 Å². The second-order valence-electron chi connectivity index (χ2n) is 3.59. The number of aromatic nitrogens is 2. The topological polar surface area (TPSA) is 70.1 Å². The van der Waals surface area contributed by atoms with E-state index in [0.717, 1.165) is 17.0 Å². The van der Waals surface area contributed by atoms with Gasteiger partial charge in [0, 0.05) is 24.3 Å². The molecule has 5 heteroatoms. The Labute approximate surface area is 89.2 Å². The standard InChI is InChI=1S/C10H17N3O2/c1-6-10(7(2)13(3)12-6)8(11)5-9(14)15-4/h8H,5,11H2,1-4H3. The van der Waals surface area contributed by atoms with Crippen molar-refractivity contribution in [1.82, 2.24) is 9.78 Å². The van der Waals surface area contributed by atoms with Gasteiger partial charge in [-0.25, -0.2) is 0 Å². The number of carbonyl (C=O) groups excluding carboxylic acids is 1. The number of aryl methyl sites for hydroxylation is 2. The third-order valence-corrected chi connectivity index (χ3v) is 2.55. The van der Waals surface area contributed by atoms with Crippen LogP contribution in [0, 0.1) is 13.8 Å². The zero-order valence-electron chi connectivity index (χ0n) is 9.57. The summed E-state index contributed by atoms with van der Waals surface area (Å²) in [5.74, 6) is -0.301. The highest BCUT2D eigenvalue weighted by Gasteiger charge is 2.19. The molecule has 1 rings (SSSR count). The summed E-state index contributed by atoms with van der Waals surface area (Å²) in [5.41, 5.74) is 8.72. The van der Waals surface area contributed by atoms with Crippen molar-refractivity contribution >= 4 is 5.97 Å². The highest BCUT2D eigenvalue weighted by molar-refractivity contribution is 5.70. The predicted octanol–water partition coefficient (Wildman–Crippen LogP) is 0.600. The summed E-state index contributed by atoms with van der Waals surface area (Å²) >= 11 is 0. The Morgan fingerprint density at radius 1 is 1.60 bits per heavy atom. The normalized spacial score (nSPS) is 12.6. The Balaban J connectivity index is 2.90. The summed E-state index contributed by atoms with van der Waals surface area (Å²) in [4.78, 5) is 11.1. The minimum atomic E-state index is -0.342. The van der Waals surface area contributed by atoms with Crippen molar-refractivity contribution in [3.63, 3.8) is 0 Å². The molecule has 0 fully saturated rings. The number of esters is 1. The van der Waals surface area contributed by atoms with Gasteiger partial charge in [-0.3, -0.25) is 9.48 Å². The molecular formula is C10H17N3O2. The van der Waals surface area contributed by atoms with Gasteiger partial charge < -0.3 is 10.5 Å². The SMILES string of the molecule is COC(=O)CC(N)c1c(C)nn(C)c1C. The first-order valence-corrected chi connectivity index (χ1v) is 4.79. The molecule has 1 atom stereocenters. The summed E-state index contributed by atoms with van der Waals surface area (Å²) in [5, 5.41) is 4.25. The summed E-state index contributed by atoms with van der Waals surface area (Å²) in [6, 6.07) is -0.342. The summed E-state index contributed by atoms with van der Waals surface area (Å²) in [7, 11) is 3.22. The molecule has 0 spiro atoms. The second-order valence-corrected chi connectivity index (χ2v) is 3.59. The van der Waals surface area contributed by atoms with Crippen LogP contribution in [0.25, 0.3) is 0 Å². The van der Waals surface area contributed by atoms with Crippen molar-refractivity contribution in [2.75, 3.05) is 7.11 Å². The number of hydrogen-bond donors (Lipinski definition) is 1. The van der Waals surface area contributed by atoms with Crippen LogP contribution < -0.4 is 5.73 Å². The van der Waals surface area contributed by atoms with Crippen LogP contribution in [-0.4, -0.2) is 22.9 Å². The summed E-state index contributed by atoms with van der Waals surface area (Å²) in [6.07, 6.45) is 0.184. The minimum Gasteiger partial charge on any atom is -0.469 e. The van der Waals surface area contributed by atoms with E-state index in [1.807, 2.05) is 20.9 Å². The Morgan fingerprint density at radius 2 is 2.20 bits per heavy atom. The lowest BCUT2D eigenvalue weighted by Crippen LogP contribution is -2.17. The quantitative estimate of drug-likeness (QED) is 0.743. The zero-order chi connectivity index (χ0) is 11.6. The number of nitrogens with zero attached hydrogens (tertiary/aromatic N) is 2. The number of hydrogen-bond acceptors (Lipinski definition) is 4. The van der Waals surface area contributed by atoms with E-state index in [1.54, 1.807) is 4.68 Å². The van der Waals surface area contributed by atoms with E-state index in [2.05, 4.69) is 9.84 Å². The first-order chi connectivity index (χ1) is 6.97. The van der Waals surface area contributed by atoms with E-state index in [-0.39, 0.29) is 18.4 Å². The number of rotatable bonds is 3. The maximum Gasteiger partial charge on any atom is 0.307 e. The minimum absolute atomic E-state index is 0.184. The molecule has 1 aromatic heterocycles. The van der Waals surface area contributed by atoms with Gasteiger partial charge in [-0.05, 0) is 13.8 Å². The molecule has 0 bridgehead atoms. The van der Waals surface area contributed by atoms with Crippen LogP contribution in [-0.2, 0) is 16.6 Å². The van der Waals surface area contributed by atoms with Gasteiger partial charge in [0.25, 0.3) is 0 Å². The largest absolute Gasteiger partial charge is 0.469 e. The van der Waals surface area contributed by atoms with Gasteiger partial charge in [-0.1, -0.05) is 0 Å². The van der Waals surface area contributed by atoms with Crippen molar-refractivity contribution < 1.29 is 9.53 Å². The summed E-state index contributed by atoms with van der Waals surface area (Å²) in [6.45, 7) is 3.83. The van der Waals surface area contributed by atoms with Crippen molar-refractivity contribution in [3.8, 4) is 0 Å². The van der Waals surface area contributed by atoms with Crippen molar-refractivity contribution in [3.05, 3.63) is 17.0 Å². The van der Waals surface area contributed by atoms with Gasteiger partial charge >= 0.3 is 5.97 Å². The van der Waals surface area contributed by atoms with Crippen LogP contribution in [0.5, 0.6) is 0 Å². The van der Waals surface area contributed by atoms with Crippen LogP contribution >= 0.6 is 0 Å². The first kappa shape index (κ1) is 11.7. The van der Waals surface area contributed by atoms with E-state index in [4.69, 9.17) is 5.73 Å². The maximum atomic E-state index is 11.1. The highest BCUT2D eigenvalue weighted by Crippen LogP contribution is 2.21. The molecule has 0 saturated heterocycles. The maximum absolute atomic E-state index is 11.1. The van der Waals surface area contributed by atoms with Crippen molar-refractivity contribution in [2.24, 2.45) is 12.8 Å². The Hall–Kier alpha value is -1.36. The van der Waals surface area contributed by atoms with Crippen LogP contribution in [0.1, 0.15) is 29.4 Å².